The summed E-state index contributed by atoms with van der Waals surface area (Å²) >= 11 is 0. The van der Waals surface area contributed by atoms with E-state index >= 15 is 0 Å². The molecule has 4 rings (SSSR count). The van der Waals surface area contributed by atoms with Crippen molar-refractivity contribution >= 4 is 22.5 Å². The molecule has 0 saturated carbocycles. The third-order valence-electron chi connectivity index (χ3n) is 4.83. The minimum atomic E-state index is -0.196. The zero-order chi connectivity index (χ0) is 20.4. The summed E-state index contributed by atoms with van der Waals surface area (Å²) in [6.07, 6.45) is 1.97. The lowest BCUT2D eigenvalue weighted by molar-refractivity contribution is 0.102. The average Bonchev–Trinajstić information content (AvgIpc) is 3.13. The lowest BCUT2D eigenvalue weighted by Gasteiger charge is -2.11. The van der Waals surface area contributed by atoms with Crippen molar-refractivity contribution in [1.29, 1.82) is 0 Å². The number of anilines is 1. The quantitative estimate of drug-likeness (QED) is 0.540. The van der Waals surface area contributed by atoms with Gasteiger partial charge in [0.05, 0.1) is 29.6 Å². The van der Waals surface area contributed by atoms with Gasteiger partial charge >= 0.3 is 0 Å². The molecule has 6 heteroatoms. The number of amides is 1. The maximum atomic E-state index is 13.2. The minimum absolute atomic E-state index is 0.196. The number of rotatable bonds is 5. The molecule has 0 radical (unpaired) electrons. The van der Waals surface area contributed by atoms with Gasteiger partial charge in [-0.1, -0.05) is 24.3 Å². The van der Waals surface area contributed by atoms with Gasteiger partial charge in [0.2, 0.25) is 0 Å². The molecule has 0 fully saturated rings. The number of nitrogens with one attached hydrogen (secondary N) is 1. The van der Waals surface area contributed by atoms with Gasteiger partial charge < -0.3 is 10.1 Å². The number of methoxy groups -OCH3 is 1. The summed E-state index contributed by atoms with van der Waals surface area (Å²) in [5.74, 6) is 0.490. The average molecular weight is 386 g/mol. The van der Waals surface area contributed by atoms with Crippen molar-refractivity contribution in [3.8, 4) is 17.0 Å². The maximum absolute atomic E-state index is 13.2. The molecule has 0 spiro atoms. The van der Waals surface area contributed by atoms with Crippen molar-refractivity contribution in [2.75, 3.05) is 12.4 Å². The molecule has 4 aromatic rings. The van der Waals surface area contributed by atoms with E-state index in [0.29, 0.717) is 17.0 Å². The smallest absolute Gasteiger partial charge is 0.256 e. The van der Waals surface area contributed by atoms with Gasteiger partial charge in [0.25, 0.3) is 5.91 Å². The van der Waals surface area contributed by atoms with Gasteiger partial charge in [0.1, 0.15) is 5.75 Å². The molecule has 2 heterocycles. The summed E-state index contributed by atoms with van der Waals surface area (Å²) in [4.78, 5) is 17.9. The number of benzene rings is 2. The van der Waals surface area contributed by atoms with E-state index in [-0.39, 0.29) is 5.91 Å². The van der Waals surface area contributed by atoms with E-state index in [0.717, 1.165) is 34.4 Å². The standard InChI is InChI=1S/C23H22N4O2/c1-4-27-14-20(15(2)26-27)22-13-19(18-10-5-6-11-21(18)25-22)23(28)24-16-8-7-9-17(12-16)29-3/h5-14H,4H2,1-3H3,(H,24,28). The van der Waals surface area contributed by atoms with Crippen LogP contribution >= 0.6 is 0 Å². The Hall–Kier alpha value is -3.67. The van der Waals surface area contributed by atoms with Crippen LogP contribution in [0.1, 0.15) is 23.0 Å². The zero-order valence-corrected chi connectivity index (χ0v) is 16.6. The van der Waals surface area contributed by atoms with Gasteiger partial charge in [-0.3, -0.25) is 9.48 Å². The van der Waals surface area contributed by atoms with Crippen molar-refractivity contribution in [3.63, 3.8) is 0 Å². The summed E-state index contributed by atoms with van der Waals surface area (Å²) in [6, 6.07) is 16.8. The molecular weight excluding hydrogens is 364 g/mol. The number of pyridine rings is 1. The SMILES string of the molecule is CCn1cc(-c2cc(C(=O)Nc3cccc(OC)c3)c3ccccc3n2)c(C)n1. The topological polar surface area (TPSA) is 69.0 Å². The Morgan fingerprint density at radius 2 is 1.97 bits per heavy atom. The number of fused-ring (bicyclic) bond motifs is 1. The molecule has 1 N–H and O–H groups in total. The van der Waals surface area contributed by atoms with Crippen molar-refractivity contribution in [2.45, 2.75) is 20.4 Å². The summed E-state index contributed by atoms with van der Waals surface area (Å²) < 4.78 is 7.12. The lowest BCUT2D eigenvalue weighted by Crippen LogP contribution is -2.13. The first-order valence-electron chi connectivity index (χ1n) is 9.48. The van der Waals surface area contributed by atoms with Crippen LogP contribution in [0.3, 0.4) is 0 Å². The first-order chi connectivity index (χ1) is 14.1. The van der Waals surface area contributed by atoms with Crippen molar-refractivity contribution in [2.24, 2.45) is 0 Å². The van der Waals surface area contributed by atoms with Crippen LogP contribution < -0.4 is 10.1 Å². The Balaban J connectivity index is 1.80. The van der Waals surface area contributed by atoms with E-state index in [1.165, 1.54) is 0 Å². The highest BCUT2D eigenvalue weighted by Gasteiger charge is 2.16. The number of hydrogen-bond acceptors (Lipinski definition) is 4. The van der Waals surface area contributed by atoms with Crippen molar-refractivity contribution in [1.82, 2.24) is 14.8 Å². The molecule has 0 aliphatic heterocycles. The number of ether oxygens (including phenoxy) is 1. The summed E-state index contributed by atoms with van der Waals surface area (Å²) in [5.41, 5.74) is 4.55. The van der Waals surface area contributed by atoms with Gasteiger partial charge in [0, 0.05) is 35.4 Å². The monoisotopic (exact) mass is 386 g/mol. The highest BCUT2D eigenvalue weighted by Crippen LogP contribution is 2.27. The number of para-hydroxylation sites is 1. The summed E-state index contributed by atoms with van der Waals surface area (Å²) in [5, 5.41) is 8.28. The highest BCUT2D eigenvalue weighted by molar-refractivity contribution is 6.13. The fraction of sp³-hybridized carbons (Fsp3) is 0.174. The number of hydrogen-bond donors (Lipinski definition) is 1. The predicted molar refractivity (Wildman–Crippen MR) is 114 cm³/mol. The highest BCUT2D eigenvalue weighted by atomic mass is 16.5. The van der Waals surface area contributed by atoms with Crippen LogP contribution in [0.5, 0.6) is 5.75 Å². The van der Waals surface area contributed by atoms with E-state index in [1.54, 1.807) is 13.2 Å². The third-order valence-corrected chi connectivity index (χ3v) is 4.83. The molecule has 1 amide bonds. The van der Waals surface area contributed by atoms with Crippen LogP contribution in [-0.4, -0.2) is 27.8 Å². The van der Waals surface area contributed by atoms with Crippen LogP contribution in [0.15, 0.2) is 60.8 Å². The number of carbonyl (C=O) groups is 1. The second-order valence-corrected chi connectivity index (χ2v) is 6.74. The summed E-state index contributed by atoms with van der Waals surface area (Å²) in [7, 11) is 1.60. The first-order valence-corrected chi connectivity index (χ1v) is 9.48. The molecule has 146 valence electrons. The zero-order valence-electron chi connectivity index (χ0n) is 16.6. The molecule has 0 unspecified atom stereocenters. The van der Waals surface area contributed by atoms with Gasteiger partial charge in [-0.2, -0.15) is 5.10 Å². The Morgan fingerprint density at radius 3 is 2.72 bits per heavy atom. The van der Waals surface area contributed by atoms with Crippen molar-refractivity contribution < 1.29 is 9.53 Å². The van der Waals surface area contributed by atoms with Crippen LogP contribution in [0.4, 0.5) is 5.69 Å². The van der Waals surface area contributed by atoms with Crippen LogP contribution in [0, 0.1) is 6.92 Å². The van der Waals surface area contributed by atoms with Crippen LogP contribution in [0.2, 0.25) is 0 Å². The Kier molecular flexibility index (Phi) is 4.99. The van der Waals surface area contributed by atoms with Crippen LogP contribution in [0.25, 0.3) is 22.2 Å². The fourth-order valence-corrected chi connectivity index (χ4v) is 3.33. The molecule has 0 aliphatic carbocycles. The maximum Gasteiger partial charge on any atom is 0.256 e. The Labute approximate surface area is 169 Å². The summed E-state index contributed by atoms with van der Waals surface area (Å²) in [6.45, 7) is 4.77. The number of aryl methyl sites for hydroxylation is 2. The fourth-order valence-electron chi connectivity index (χ4n) is 3.33. The second kappa shape index (κ2) is 7.75. The largest absolute Gasteiger partial charge is 0.497 e. The second-order valence-electron chi connectivity index (χ2n) is 6.74. The molecule has 29 heavy (non-hydrogen) atoms. The van der Waals surface area contributed by atoms with E-state index in [9.17, 15) is 4.79 Å². The lowest BCUT2D eigenvalue weighted by atomic mass is 10.0. The van der Waals surface area contributed by atoms with Crippen molar-refractivity contribution in [3.05, 3.63) is 72.1 Å². The number of aromatic nitrogens is 3. The van der Waals surface area contributed by atoms with Gasteiger partial charge in [0.15, 0.2) is 0 Å². The number of nitrogens with zero attached hydrogens (tertiary/aromatic N) is 3. The van der Waals surface area contributed by atoms with Gasteiger partial charge in [-0.05, 0) is 38.1 Å². The van der Waals surface area contributed by atoms with E-state index in [1.807, 2.05) is 73.3 Å². The Bertz CT molecular complexity index is 1200. The molecule has 2 aromatic heterocycles. The predicted octanol–water partition coefficient (Wildman–Crippen LogP) is 4.69. The number of carbonyl (C=O) groups excluding carboxylic acids is 1. The molecule has 0 bridgehead atoms. The molecular formula is C23H22N4O2. The third kappa shape index (κ3) is 3.69. The van der Waals surface area contributed by atoms with Gasteiger partial charge in [-0.25, -0.2) is 4.98 Å². The Morgan fingerprint density at radius 1 is 1.14 bits per heavy atom. The molecule has 2 aromatic carbocycles. The van der Waals surface area contributed by atoms with E-state index in [2.05, 4.69) is 10.4 Å². The van der Waals surface area contributed by atoms with Crippen LogP contribution in [-0.2, 0) is 6.54 Å². The van der Waals surface area contributed by atoms with E-state index < -0.39 is 0 Å². The van der Waals surface area contributed by atoms with E-state index in [4.69, 9.17) is 9.72 Å². The van der Waals surface area contributed by atoms with Gasteiger partial charge in [-0.15, -0.1) is 0 Å². The first kappa shape index (κ1) is 18.7. The molecule has 0 atom stereocenters. The normalized spacial score (nSPS) is 10.9. The molecule has 0 saturated heterocycles. The molecule has 0 aliphatic rings. The molecule has 6 nitrogen and oxygen atoms in total. The minimum Gasteiger partial charge on any atom is -0.497 e.